The summed E-state index contributed by atoms with van der Waals surface area (Å²) in [5, 5.41) is 0. The van der Waals surface area contributed by atoms with Crippen LogP contribution in [-0.4, -0.2) is 51.5 Å². The zero-order valence-electron chi connectivity index (χ0n) is 12.5. The fourth-order valence-corrected chi connectivity index (χ4v) is 3.05. The molecule has 0 amide bonds. The number of benzene rings is 1. The molecule has 0 heterocycles. The van der Waals surface area contributed by atoms with E-state index < -0.39 is 0 Å². The lowest BCUT2D eigenvalue weighted by Gasteiger charge is -2.39. The maximum absolute atomic E-state index is 6.51. The highest BCUT2D eigenvalue weighted by Gasteiger charge is 2.30. The van der Waals surface area contributed by atoms with Crippen molar-refractivity contribution in [3.8, 4) is 0 Å². The van der Waals surface area contributed by atoms with Crippen LogP contribution >= 0.6 is 0 Å². The van der Waals surface area contributed by atoms with Gasteiger partial charge >= 0.3 is 0 Å². The predicted molar refractivity (Wildman–Crippen MR) is 80.8 cm³/mol. The van der Waals surface area contributed by atoms with E-state index in [1.54, 1.807) is 14.2 Å². The molecule has 1 aliphatic rings. The Kier molecular flexibility index (Phi) is 5.98. The van der Waals surface area contributed by atoms with Crippen molar-refractivity contribution < 1.29 is 9.47 Å². The molecule has 2 N–H and O–H groups in total. The Morgan fingerprint density at radius 2 is 1.80 bits per heavy atom. The van der Waals surface area contributed by atoms with Gasteiger partial charge in [-0.05, 0) is 24.0 Å². The monoisotopic (exact) mass is 278 g/mol. The van der Waals surface area contributed by atoms with Crippen LogP contribution in [-0.2, 0) is 15.9 Å². The van der Waals surface area contributed by atoms with Gasteiger partial charge in [-0.2, -0.15) is 0 Å². The molecule has 1 aliphatic carbocycles. The van der Waals surface area contributed by atoms with Crippen LogP contribution in [0.4, 0.5) is 0 Å². The van der Waals surface area contributed by atoms with E-state index in [1.807, 2.05) is 0 Å². The van der Waals surface area contributed by atoms with Crippen molar-refractivity contribution >= 4 is 0 Å². The van der Waals surface area contributed by atoms with Gasteiger partial charge in [0.15, 0.2) is 0 Å². The van der Waals surface area contributed by atoms with E-state index in [-0.39, 0.29) is 6.04 Å². The molecule has 0 aliphatic heterocycles. The molecule has 4 heteroatoms. The Bertz CT molecular complexity index is 403. The summed E-state index contributed by atoms with van der Waals surface area (Å²) in [5.41, 5.74) is 9.20. The largest absolute Gasteiger partial charge is 0.383 e. The van der Waals surface area contributed by atoms with Crippen LogP contribution in [0, 0.1) is 0 Å². The first kappa shape index (κ1) is 15.4. The zero-order valence-corrected chi connectivity index (χ0v) is 12.5. The Hall–Kier alpha value is -0.940. The van der Waals surface area contributed by atoms with Crippen LogP contribution in [0.2, 0.25) is 0 Å². The van der Waals surface area contributed by atoms with Crippen LogP contribution in [0.1, 0.15) is 23.6 Å². The lowest BCUT2D eigenvalue weighted by molar-refractivity contribution is 0.0726. The Labute approximate surface area is 121 Å². The molecule has 0 aromatic heterocycles. The third-order valence-corrected chi connectivity index (χ3v) is 4.17. The average molecular weight is 278 g/mol. The van der Waals surface area contributed by atoms with Gasteiger partial charge < -0.3 is 15.2 Å². The molecule has 1 aromatic carbocycles. The summed E-state index contributed by atoms with van der Waals surface area (Å²) in [5.74, 6) is 0. The van der Waals surface area contributed by atoms with E-state index in [2.05, 4.69) is 29.2 Å². The van der Waals surface area contributed by atoms with Gasteiger partial charge in [0.2, 0.25) is 0 Å². The fourth-order valence-electron chi connectivity index (χ4n) is 3.05. The van der Waals surface area contributed by atoms with E-state index in [9.17, 15) is 0 Å². The number of ether oxygens (including phenoxy) is 2. The first-order chi connectivity index (χ1) is 9.77. The molecular weight excluding hydrogens is 252 g/mol. The second kappa shape index (κ2) is 7.74. The predicted octanol–water partition coefficient (Wildman–Crippen LogP) is 1.60. The van der Waals surface area contributed by atoms with Crippen molar-refractivity contribution in [1.29, 1.82) is 0 Å². The van der Waals surface area contributed by atoms with Gasteiger partial charge in [-0.25, -0.2) is 0 Å². The third kappa shape index (κ3) is 3.58. The maximum atomic E-state index is 6.51. The third-order valence-electron chi connectivity index (χ3n) is 4.17. The molecule has 20 heavy (non-hydrogen) atoms. The molecule has 2 atom stereocenters. The minimum Gasteiger partial charge on any atom is -0.383 e. The number of nitrogens with zero attached hydrogens (tertiary/aromatic N) is 1. The zero-order chi connectivity index (χ0) is 14.4. The van der Waals surface area contributed by atoms with Crippen LogP contribution in [0.5, 0.6) is 0 Å². The lowest BCUT2D eigenvalue weighted by Crippen LogP contribution is -2.47. The molecule has 0 radical (unpaired) electrons. The molecule has 112 valence electrons. The van der Waals surface area contributed by atoms with Crippen LogP contribution in [0.3, 0.4) is 0 Å². The first-order valence-electron chi connectivity index (χ1n) is 7.33. The molecule has 4 nitrogen and oxygen atoms in total. The number of hydrogen-bond donors (Lipinski definition) is 1. The quantitative estimate of drug-likeness (QED) is 0.823. The van der Waals surface area contributed by atoms with Crippen molar-refractivity contribution in [1.82, 2.24) is 4.90 Å². The standard InChI is InChI=1S/C16H26N2O2/c1-19-11-9-18(10-12-20-2)15-8-7-13-5-3-4-6-14(13)16(15)17/h3-6,15-16H,7-12,17H2,1-2H3. The highest BCUT2D eigenvalue weighted by atomic mass is 16.5. The Morgan fingerprint density at radius 1 is 1.15 bits per heavy atom. The number of hydrogen-bond acceptors (Lipinski definition) is 4. The highest BCUT2D eigenvalue weighted by Crippen LogP contribution is 2.31. The van der Waals surface area contributed by atoms with E-state index in [4.69, 9.17) is 15.2 Å². The summed E-state index contributed by atoms with van der Waals surface area (Å²) in [6.07, 6.45) is 2.20. The normalized spacial score (nSPS) is 22.0. The molecule has 2 rings (SSSR count). The summed E-state index contributed by atoms with van der Waals surface area (Å²) in [4.78, 5) is 2.41. The average Bonchev–Trinajstić information content (AvgIpc) is 2.49. The molecule has 2 unspecified atom stereocenters. The number of rotatable bonds is 7. The van der Waals surface area contributed by atoms with E-state index in [0.717, 1.165) is 39.1 Å². The number of aryl methyl sites for hydroxylation is 1. The summed E-state index contributed by atoms with van der Waals surface area (Å²) >= 11 is 0. The van der Waals surface area contributed by atoms with Crippen molar-refractivity contribution in [2.75, 3.05) is 40.5 Å². The van der Waals surface area contributed by atoms with Crippen molar-refractivity contribution in [2.24, 2.45) is 5.73 Å². The second-order valence-electron chi connectivity index (χ2n) is 5.35. The fraction of sp³-hybridized carbons (Fsp3) is 0.625. The topological polar surface area (TPSA) is 47.7 Å². The van der Waals surface area contributed by atoms with E-state index in [1.165, 1.54) is 11.1 Å². The Morgan fingerprint density at radius 3 is 2.45 bits per heavy atom. The SMILES string of the molecule is COCCN(CCOC)C1CCc2ccccc2C1N. The van der Waals surface area contributed by atoms with E-state index >= 15 is 0 Å². The minimum atomic E-state index is 0.0775. The first-order valence-corrected chi connectivity index (χ1v) is 7.33. The van der Waals surface area contributed by atoms with Gasteiger partial charge in [0.25, 0.3) is 0 Å². The smallest absolute Gasteiger partial charge is 0.0589 e. The van der Waals surface area contributed by atoms with Gasteiger partial charge in [0, 0.05) is 39.4 Å². The second-order valence-corrected chi connectivity index (χ2v) is 5.35. The number of fused-ring (bicyclic) bond motifs is 1. The number of methoxy groups -OCH3 is 2. The van der Waals surface area contributed by atoms with Gasteiger partial charge in [0.05, 0.1) is 13.2 Å². The van der Waals surface area contributed by atoms with Gasteiger partial charge in [-0.1, -0.05) is 24.3 Å². The van der Waals surface area contributed by atoms with Crippen LogP contribution in [0.25, 0.3) is 0 Å². The van der Waals surface area contributed by atoms with Crippen molar-refractivity contribution in [3.63, 3.8) is 0 Å². The van der Waals surface area contributed by atoms with Gasteiger partial charge in [-0.3, -0.25) is 4.90 Å². The molecule has 1 aromatic rings. The molecule has 0 saturated carbocycles. The molecule has 0 spiro atoms. The molecular formula is C16H26N2O2. The van der Waals surface area contributed by atoms with Crippen molar-refractivity contribution in [3.05, 3.63) is 35.4 Å². The maximum Gasteiger partial charge on any atom is 0.0589 e. The summed E-state index contributed by atoms with van der Waals surface area (Å²) in [6.45, 7) is 3.27. The molecule has 0 fully saturated rings. The highest BCUT2D eigenvalue weighted by molar-refractivity contribution is 5.33. The summed E-state index contributed by atoms with van der Waals surface area (Å²) < 4.78 is 10.4. The molecule has 0 saturated heterocycles. The van der Waals surface area contributed by atoms with Crippen LogP contribution in [0.15, 0.2) is 24.3 Å². The Balaban J connectivity index is 2.09. The number of nitrogens with two attached hydrogens (primary N) is 1. The summed E-state index contributed by atoms with van der Waals surface area (Å²) in [6, 6.07) is 8.98. The van der Waals surface area contributed by atoms with Crippen LogP contribution < -0.4 is 5.73 Å². The summed E-state index contributed by atoms with van der Waals surface area (Å²) in [7, 11) is 3.48. The van der Waals surface area contributed by atoms with Gasteiger partial charge in [0.1, 0.15) is 0 Å². The van der Waals surface area contributed by atoms with E-state index in [0.29, 0.717) is 6.04 Å². The lowest BCUT2D eigenvalue weighted by atomic mass is 9.83. The van der Waals surface area contributed by atoms with Crippen molar-refractivity contribution in [2.45, 2.75) is 24.9 Å². The minimum absolute atomic E-state index is 0.0775. The van der Waals surface area contributed by atoms with Gasteiger partial charge in [-0.15, -0.1) is 0 Å². The molecule has 0 bridgehead atoms.